The van der Waals surface area contributed by atoms with E-state index < -0.39 is 17.5 Å². The zero-order chi connectivity index (χ0) is 16.0. The quantitative estimate of drug-likeness (QED) is 0.196. The SMILES string of the molecule is CCOC(=O)C(=O)/C(=C\N(C)C)C(=O)c1ccc(Br)cc1. The molecule has 5 nitrogen and oxygen atoms in total. The molecule has 0 bridgehead atoms. The zero-order valence-corrected chi connectivity index (χ0v) is 13.6. The van der Waals surface area contributed by atoms with E-state index >= 15 is 0 Å². The van der Waals surface area contributed by atoms with E-state index in [0.717, 1.165) is 4.47 Å². The standard InChI is InChI=1S/C15H16BrNO4/c1-4-21-15(20)14(19)12(9-17(2)3)13(18)10-5-7-11(16)8-6-10/h5-9H,4H2,1-3H3/b12-9-. The van der Waals surface area contributed by atoms with Gasteiger partial charge in [-0.2, -0.15) is 0 Å². The lowest BCUT2D eigenvalue weighted by molar-refractivity contribution is -0.151. The molecule has 112 valence electrons. The van der Waals surface area contributed by atoms with Crippen molar-refractivity contribution in [3.8, 4) is 0 Å². The Labute approximate surface area is 131 Å². The van der Waals surface area contributed by atoms with Crippen molar-refractivity contribution in [1.82, 2.24) is 4.90 Å². The number of Topliss-reactive ketones (excluding diaryl/α,β-unsaturated/α-hetero) is 2. The van der Waals surface area contributed by atoms with Crippen LogP contribution in [0.15, 0.2) is 40.5 Å². The summed E-state index contributed by atoms with van der Waals surface area (Å²) < 4.78 is 5.48. The number of halogens is 1. The van der Waals surface area contributed by atoms with E-state index in [-0.39, 0.29) is 12.2 Å². The maximum atomic E-state index is 12.4. The summed E-state index contributed by atoms with van der Waals surface area (Å²) in [5, 5.41) is 0. The van der Waals surface area contributed by atoms with Gasteiger partial charge in [-0.1, -0.05) is 15.9 Å². The van der Waals surface area contributed by atoms with Gasteiger partial charge in [-0.25, -0.2) is 4.79 Å². The molecule has 0 aromatic heterocycles. The van der Waals surface area contributed by atoms with E-state index in [1.165, 1.54) is 11.1 Å². The van der Waals surface area contributed by atoms with Gasteiger partial charge in [-0.15, -0.1) is 0 Å². The first-order valence-electron chi connectivity index (χ1n) is 6.26. The fraction of sp³-hybridized carbons (Fsp3) is 0.267. The Hall–Kier alpha value is -1.95. The van der Waals surface area contributed by atoms with Crippen molar-refractivity contribution >= 4 is 33.5 Å². The third-order valence-corrected chi connectivity index (χ3v) is 2.97. The highest BCUT2D eigenvalue weighted by molar-refractivity contribution is 9.10. The van der Waals surface area contributed by atoms with Crippen LogP contribution in [-0.2, 0) is 14.3 Å². The van der Waals surface area contributed by atoms with Crippen molar-refractivity contribution in [3.05, 3.63) is 46.1 Å². The molecular weight excluding hydrogens is 338 g/mol. The Kier molecular flexibility index (Phi) is 6.30. The average molecular weight is 354 g/mol. The number of benzene rings is 1. The summed E-state index contributed by atoms with van der Waals surface area (Å²) in [5.41, 5.74) is 0.102. The molecule has 1 aromatic rings. The number of hydrogen-bond donors (Lipinski definition) is 0. The molecule has 0 heterocycles. The summed E-state index contributed by atoms with van der Waals surface area (Å²) >= 11 is 3.27. The topological polar surface area (TPSA) is 63.7 Å². The van der Waals surface area contributed by atoms with Gasteiger partial charge in [0.1, 0.15) is 0 Å². The number of ketones is 2. The van der Waals surface area contributed by atoms with Crippen molar-refractivity contribution in [2.75, 3.05) is 20.7 Å². The zero-order valence-electron chi connectivity index (χ0n) is 12.1. The molecule has 0 saturated heterocycles. The third kappa shape index (κ3) is 4.82. The molecule has 0 spiro atoms. The lowest BCUT2D eigenvalue weighted by atomic mass is 10.0. The van der Waals surface area contributed by atoms with Gasteiger partial charge in [0.15, 0.2) is 5.78 Å². The van der Waals surface area contributed by atoms with Crippen LogP contribution in [0, 0.1) is 0 Å². The number of esters is 1. The maximum Gasteiger partial charge on any atom is 0.379 e. The number of carbonyl (C=O) groups is 3. The second-order valence-electron chi connectivity index (χ2n) is 4.39. The summed E-state index contributed by atoms with van der Waals surface area (Å²) in [6.07, 6.45) is 1.32. The Bertz CT molecular complexity index is 576. The third-order valence-electron chi connectivity index (χ3n) is 2.44. The second-order valence-corrected chi connectivity index (χ2v) is 5.31. The highest BCUT2D eigenvalue weighted by Crippen LogP contribution is 2.15. The summed E-state index contributed by atoms with van der Waals surface area (Å²) in [7, 11) is 3.32. The Morgan fingerprint density at radius 2 is 1.76 bits per heavy atom. The minimum absolute atomic E-state index is 0.0757. The molecule has 0 N–H and O–H groups in total. The first-order valence-corrected chi connectivity index (χ1v) is 7.06. The molecule has 6 heteroatoms. The predicted octanol–water partition coefficient (Wildman–Crippen LogP) is 2.21. The fourth-order valence-corrected chi connectivity index (χ4v) is 1.81. The summed E-state index contributed by atoms with van der Waals surface area (Å²) in [6.45, 7) is 1.67. The molecule has 0 aliphatic carbocycles. The number of hydrogen-bond acceptors (Lipinski definition) is 5. The van der Waals surface area contributed by atoms with Crippen molar-refractivity contribution in [1.29, 1.82) is 0 Å². The van der Waals surface area contributed by atoms with Gasteiger partial charge < -0.3 is 9.64 Å². The van der Waals surface area contributed by atoms with Crippen LogP contribution in [0.25, 0.3) is 0 Å². The van der Waals surface area contributed by atoms with Gasteiger partial charge in [0.2, 0.25) is 0 Å². The highest BCUT2D eigenvalue weighted by atomic mass is 79.9. The van der Waals surface area contributed by atoms with Crippen molar-refractivity contribution in [2.24, 2.45) is 0 Å². The van der Waals surface area contributed by atoms with E-state index in [1.807, 2.05) is 0 Å². The first-order chi connectivity index (χ1) is 9.86. The van der Waals surface area contributed by atoms with Crippen LogP contribution in [0.4, 0.5) is 0 Å². The largest absolute Gasteiger partial charge is 0.460 e. The van der Waals surface area contributed by atoms with Gasteiger partial charge in [0.25, 0.3) is 5.78 Å². The molecule has 0 saturated carbocycles. The van der Waals surface area contributed by atoms with Gasteiger partial charge in [0.05, 0.1) is 12.2 Å². The summed E-state index contributed by atoms with van der Waals surface area (Å²) in [4.78, 5) is 37.5. The number of rotatable bonds is 6. The molecule has 1 aromatic carbocycles. The van der Waals surface area contributed by atoms with Crippen LogP contribution >= 0.6 is 15.9 Å². The minimum Gasteiger partial charge on any atom is -0.460 e. The average Bonchev–Trinajstić information content (AvgIpc) is 2.44. The Morgan fingerprint density at radius 1 is 1.19 bits per heavy atom. The van der Waals surface area contributed by atoms with Crippen molar-refractivity contribution in [3.63, 3.8) is 0 Å². The minimum atomic E-state index is -1.03. The van der Waals surface area contributed by atoms with Crippen molar-refractivity contribution in [2.45, 2.75) is 6.92 Å². The molecule has 0 fully saturated rings. The van der Waals surface area contributed by atoms with Crippen molar-refractivity contribution < 1.29 is 19.1 Å². The Morgan fingerprint density at radius 3 is 2.24 bits per heavy atom. The van der Waals surface area contributed by atoms with Crippen LogP contribution in [0.3, 0.4) is 0 Å². The van der Waals surface area contributed by atoms with E-state index in [9.17, 15) is 14.4 Å². The lowest BCUT2D eigenvalue weighted by Gasteiger charge is -2.10. The smallest absolute Gasteiger partial charge is 0.379 e. The first kappa shape index (κ1) is 17.1. The van der Waals surface area contributed by atoms with E-state index in [2.05, 4.69) is 20.7 Å². The van der Waals surface area contributed by atoms with E-state index in [4.69, 9.17) is 0 Å². The fourth-order valence-electron chi connectivity index (χ4n) is 1.54. The molecule has 0 amide bonds. The molecule has 21 heavy (non-hydrogen) atoms. The van der Waals surface area contributed by atoms with Gasteiger partial charge >= 0.3 is 5.97 Å². The number of nitrogens with zero attached hydrogens (tertiary/aromatic N) is 1. The molecular formula is C15H16BrNO4. The summed E-state index contributed by atoms with van der Waals surface area (Å²) in [6, 6.07) is 6.54. The molecule has 0 aliphatic rings. The molecule has 0 aliphatic heterocycles. The predicted molar refractivity (Wildman–Crippen MR) is 81.9 cm³/mol. The normalized spacial score (nSPS) is 11.0. The van der Waals surface area contributed by atoms with E-state index in [1.54, 1.807) is 45.3 Å². The van der Waals surface area contributed by atoms with Crippen LogP contribution in [0.2, 0.25) is 0 Å². The molecule has 0 atom stereocenters. The van der Waals surface area contributed by atoms with Gasteiger partial charge in [-0.05, 0) is 31.2 Å². The summed E-state index contributed by atoms with van der Waals surface area (Å²) in [5.74, 6) is -2.50. The number of carbonyl (C=O) groups excluding carboxylic acids is 3. The molecule has 0 unspecified atom stereocenters. The molecule has 0 radical (unpaired) electrons. The second kappa shape index (κ2) is 7.73. The highest BCUT2D eigenvalue weighted by Gasteiger charge is 2.27. The van der Waals surface area contributed by atoms with E-state index in [0.29, 0.717) is 5.56 Å². The Balaban J connectivity index is 3.14. The van der Waals surface area contributed by atoms with Crippen LogP contribution < -0.4 is 0 Å². The van der Waals surface area contributed by atoms with Crippen LogP contribution in [0.5, 0.6) is 0 Å². The lowest BCUT2D eigenvalue weighted by Crippen LogP contribution is -2.25. The van der Waals surface area contributed by atoms with Gasteiger partial charge in [-0.3, -0.25) is 9.59 Å². The maximum absolute atomic E-state index is 12.4. The van der Waals surface area contributed by atoms with Crippen LogP contribution in [0.1, 0.15) is 17.3 Å². The monoisotopic (exact) mass is 353 g/mol. The molecule has 1 rings (SSSR count). The van der Waals surface area contributed by atoms with Gasteiger partial charge in [0, 0.05) is 30.3 Å². The van der Waals surface area contributed by atoms with Crippen LogP contribution in [-0.4, -0.2) is 43.1 Å². The number of ether oxygens (including phenoxy) is 1.